The van der Waals surface area contributed by atoms with Crippen LogP contribution >= 0.6 is 0 Å². The Bertz CT molecular complexity index is 1430. The van der Waals surface area contributed by atoms with E-state index in [0.717, 1.165) is 18.5 Å². The van der Waals surface area contributed by atoms with Crippen molar-refractivity contribution in [2.75, 3.05) is 11.4 Å². The number of phenols is 1. The van der Waals surface area contributed by atoms with Gasteiger partial charge in [-0.2, -0.15) is 5.10 Å². The van der Waals surface area contributed by atoms with Crippen molar-refractivity contribution < 1.29 is 14.7 Å². The quantitative estimate of drug-likeness (QED) is 0.502. The SMILES string of the molecule is NC(=O)c1nn(-c2ccc(O)cc2)c2c(=O)n(-c3ccc(N4CCCCC4=O)cc3)ccc12. The molecule has 1 fully saturated rings. The molecule has 1 aliphatic rings. The standard InChI is InChI=1S/C24H21N5O4/c25-23(32)21-19-12-14-28(16-6-4-15(5-7-16)27-13-2-1-3-20(27)31)24(33)22(19)29(26-21)17-8-10-18(30)11-9-17/h4-12,14,30H,1-3,13H2,(H2,25,32). The van der Waals surface area contributed by atoms with E-state index in [1.54, 1.807) is 41.4 Å². The zero-order valence-electron chi connectivity index (χ0n) is 17.6. The number of aromatic hydroxyl groups is 1. The van der Waals surface area contributed by atoms with E-state index in [9.17, 15) is 19.5 Å². The molecule has 2 aromatic carbocycles. The zero-order chi connectivity index (χ0) is 23.1. The van der Waals surface area contributed by atoms with Crippen LogP contribution in [0.2, 0.25) is 0 Å². The molecule has 0 unspecified atom stereocenters. The minimum Gasteiger partial charge on any atom is -0.508 e. The molecular weight excluding hydrogens is 422 g/mol. The molecule has 5 rings (SSSR count). The molecule has 2 amide bonds. The smallest absolute Gasteiger partial charge is 0.281 e. The molecule has 0 radical (unpaired) electrons. The molecule has 1 aliphatic heterocycles. The first-order chi connectivity index (χ1) is 15.9. The van der Waals surface area contributed by atoms with Crippen molar-refractivity contribution in [1.29, 1.82) is 0 Å². The summed E-state index contributed by atoms with van der Waals surface area (Å²) in [5, 5.41) is 14.2. The van der Waals surface area contributed by atoms with Crippen LogP contribution in [0.25, 0.3) is 22.3 Å². The molecule has 3 heterocycles. The summed E-state index contributed by atoms with van der Waals surface area (Å²) >= 11 is 0. The Morgan fingerprint density at radius 3 is 2.24 bits per heavy atom. The Morgan fingerprint density at radius 2 is 1.58 bits per heavy atom. The van der Waals surface area contributed by atoms with E-state index in [-0.39, 0.29) is 28.4 Å². The molecule has 166 valence electrons. The van der Waals surface area contributed by atoms with Gasteiger partial charge in [0, 0.05) is 35.9 Å². The van der Waals surface area contributed by atoms with Crippen LogP contribution in [0.5, 0.6) is 5.75 Å². The monoisotopic (exact) mass is 443 g/mol. The maximum Gasteiger partial charge on any atom is 0.281 e. The topological polar surface area (TPSA) is 123 Å². The number of carbonyl (C=O) groups excluding carboxylic acids is 2. The molecule has 4 aromatic rings. The van der Waals surface area contributed by atoms with Gasteiger partial charge in [0.15, 0.2) is 5.69 Å². The van der Waals surface area contributed by atoms with E-state index in [1.807, 2.05) is 12.1 Å². The van der Waals surface area contributed by atoms with Crippen LogP contribution < -0.4 is 16.2 Å². The molecule has 1 saturated heterocycles. The number of nitrogens with zero attached hydrogens (tertiary/aromatic N) is 4. The van der Waals surface area contributed by atoms with Gasteiger partial charge in [0.05, 0.1) is 5.69 Å². The molecule has 9 nitrogen and oxygen atoms in total. The molecule has 0 aliphatic carbocycles. The highest BCUT2D eigenvalue weighted by Gasteiger charge is 2.21. The number of rotatable bonds is 4. The molecule has 3 N–H and O–H groups in total. The van der Waals surface area contributed by atoms with Gasteiger partial charge in [0.25, 0.3) is 11.5 Å². The van der Waals surface area contributed by atoms with Gasteiger partial charge in [-0.1, -0.05) is 0 Å². The predicted molar refractivity (Wildman–Crippen MR) is 123 cm³/mol. The van der Waals surface area contributed by atoms with Crippen molar-refractivity contribution in [3.8, 4) is 17.1 Å². The predicted octanol–water partition coefficient (Wildman–Crippen LogP) is 2.50. The van der Waals surface area contributed by atoms with Crippen molar-refractivity contribution >= 4 is 28.4 Å². The number of hydrogen-bond acceptors (Lipinski definition) is 5. The Morgan fingerprint density at radius 1 is 0.909 bits per heavy atom. The second kappa shape index (κ2) is 7.94. The minimum atomic E-state index is -0.745. The second-order valence-corrected chi connectivity index (χ2v) is 7.91. The lowest BCUT2D eigenvalue weighted by Gasteiger charge is -2.26. The van der Waals surface area contributed by atoms with Crippen molar-refractivity contribution in [3.05, 3.63) is 76.8 Å². The number of fused-ring (bicyclic) bond motifs is 1. The fourth-order valence-electron chi connectivity index (χ4n) is 4.16. The van der Waals surface area contributed by atoms with Gasteiger partial charge in [-0.05, 0) is 67.4 Å². The fraction of sp³-hybridized carbons (Fsp3) is 0.167. The highest BCUT2D eigenvalue weighted by atomic mass is 16.3. The van der Waals surface area contributed by atoms with Gasteiger partial charge in [-0.25, -0.2) is 4.68 Å². The number of benzene rings is 2. The molecule has 0 atom stereocenters. The highest BCUT2D eigenvalue weighted by molar-refractivity contribution is 6.04. The summed E-state index contributed by atoms with van der Waals surface area (Å²) in [5.74, 6) is -0.579. The van der Waals surface area contributed by atoms with Crippen molar-refractivity contribution in [3.63, 3.8) is 0 Å². The minimum absolute atomic E-state index is 0.0127. The van der Waals surface area contributed by atoms with E-state index in [0.29, 0.717) is 29.7 Å². The van der Waals surface area contributed by atoms with Crippen molar-refractivity contribution in [1.82, 2.24) is 14.3 Å². The lowest BCUT2D eigenvalue weighted by atomic mass is 10.1. The summed E-state index contributed by atoms with van der Waals surface area (Å²) in [5.41, 5.74) is 7.18. The Labute approximate surface area is 188 Å². The average Bonchev–Trinajstić information content (AvgIpc) is 3.21. The number of primary amides is 1. The van der Waals surface area contributed by atoms with Crippen LogP contribution in [0.4, 0.5) is 5.69 Å². The van der Waals surface area contributed by atoms with E-state index in [2.05, 4.69) is 5.10 Å². The third-order valence-corrected chi connectivity index (χ3v) is 5.82. The fourth-order valence-corrected chi connectivity index (χ4v) is 4.16. The molecule has 0 saturated carbocycles. The van der Waals surface area contributed by atoms with E-state index >= 15 is 0 Å². The van der Waals surface area contributed by atoms with E-state index in [4.69, 9.17) is 5.73 Å². The van der Waals surface area contributed by atoms with Gasteiger partial charge >= 0.3 is 0 Å². The van der Waals surface area contributed by atoms with Gasteiger partial charge in [-0.15, -0.1) is 0 Å². The molecular formula is C24H21N5O4. The molecule has 0 spiro atoms. The van der Waals surface area contributed by atoms with Crippen LogP contribution in [-0.2, 0) is 4.79 Å². The second-order valence-electron chi connectivity index (χ2n) is 7.91. The summed E-state index contributed by atoms with van der Waals surface area (Å²) < 4.78 is 2.81. The van der Waals surface area contributed by atoms with Gasteiger partial charge < -0.3 is 15.7 Å². The van der Waals surface area contributed by atoms with E-state index in [1.165, 1.54) is 21.4 Å². The number of nitrogens with two attached hydrogens (primary N) is 1. The van der Waals surface area contributed by atoms with Crippen LogP contribution in [0.1, 0.15) is 29.8 Å². The number of aromatic nitrogens is 3. The lowest BCUT2D eigenvalue weighted by Crippen LogP contribution is -2.35. The zero-order valence-corrected chi connectivity index (χ0v) is 17.6. The first-order valence-corrected chi connectivity index (χ1v) is 10.6. The van der Waals surface area contributed by atoms with E-state index < -0.39 is 5.91 Å². The number of pyridine rings is 1. The Kier molecular flexibility index (Phi) is 4.93. The van der Waals surface area contributed by atoms with Gasteiger partial charge in [-0.3, -0.25) is 19.0 Å². The average molecular weight is 443 g/mol. The molecule has 33 heavy (non-hydrogen) atoms. The largest absolute Gasteiger partial charge is 0.508 e. The van der Waals surface area contributed by atoms with Crippen molar-refractivity contribution in [2.45, 2.75) is 19.3 Å². The van der Waals surface area contributed by atoms with Crippen LogP contribution in [0, 0.1) is 0 Å². The highest BCUT2D eigenvalue weighted by Crippen LogP contribution is 2.24. The van der Waals surface area contributed by atoms with Crippen LogP contribution in [-0.4, -0.2) is 37.8 Å². The maximum atomic E-state index is 13.5. The molecule has 9 heteroatoms. The number of carbonyl (C=O) groups is 2. The number of hydrogen-bond donors (Lipinski definition) is 2. The number of amides is 2. The van der Waals surface area contributed by atoms with Crippen LogP contribution in [0.15, 0.2) is 65.6 Å². The summed E-state index contributed by atoms with van der Waals surface area (Å²) in [7, 11) is 0. The first-order valence-electron chi connectivity index (χ1n) is 10.6. The number of phenolic OH excluding ortho intramolecular Hbond substituents is 1. The lowest BCUT2D eigenvalue weighted by molar-refractivity contribution is -0.119. The first kappa shape index (κ1) is 20.5. The summed E-state index contributed by atoms with van der Waals surface area (Å²) in [6.45, 7) is 0.686. The molecule has 2 aromatic heterocycles. The Balaban J connectivity index is 1.63. The normalized spacial score (nSPS) is 14.1. The number of anilines is 1. The summed E-state index contributed by atoms with van der Waals surface area (Å²) in [4.78, 5) is 39.4. The summed E-state index contributed by atoms with van der Waals surface area (Å²) in [6.07, 6.45) is 3.99. The third kappa shape index (κ3) is 3.53. The Hall–Kier alpha value is -4.40. The molecule has 0 bridgehead atoms. The maximum absolute atomic E-state index is 13.5. The third-order valence-electron chi connectivity index (χ3n) is 5.82. The van der Waals surface area contributed by atoms with Gasteiger partial charge in [0.2, 0.25) is 5.91 Å². The summed E-state index contributed by atoms with van der Waals surface area (Å²) in [6, 6.07) is 14.9. The van der Waals surface area contributed by atoms with Gasteiger partial charge in [0.1, 0.15) is 11.3 Å². The van der Waals surface area contributed by atoms with Crippen LogP contribution in [0.3, 0.4) is 0 Å². The number of piperidine rings is 1. The van der Waals surface area contributed by atoms with Crippen molar-refractivity contribution in [2.24, 2.45) is 5.73 Å².